The van der Waals surface area contributed by atoms with E-state index >= 15 is 0 Å². The normalized spacial score (nSPS) is 15.1. The topological polar surface area (TPSA) is 76.2 Å². The maximum atomic E-state index is 12.7. The Morgan fingerprint density at radius 1 is 1.09 bits per heavy atom. The molecule has 172 valence electrons. The van der Waals surface area contributed by atoms with Crippen LogP contribution in [0.15, 0.2) is 53.4 Å². The summed E-state index contributed by atoms with van der Waals surface area (Å²) in [6, 6.07) is 12.5. The average molecular weight is 459 g/mol. The van der Waals surface area contributed by atoms with Crippen molar-refractivity contribution in [2.75, 3.05) is 46.5 Å². The number of likely N-dealkylation sites (N-methyl/N-ethyl adjacent to an activating group) is 1. The van der Waals surface area contributed by atoms with Gasteiger partial charge < -0.3 is 14.4 Å². The standard InChI is InChI=1S/C24H30N2O5S/c1-19-16-20(2)18-22(17-19)31-15-10-25(3)24(27)9-6-21-4-7-23(8-5-21)32(28,29)26-11-13-30-14-12-26/h4-9,16-18H,10-15H2,1-3H3/b9-6+. The molecule has 0 N–H and O–H groups in total. The number of benzene rings is 2. The number of aryl methyl sites for hydroxylation is 2. The van der Waals surface area contributed by atoms with E-state index in [-0.39, 0.29) is 10.8 Å². The fourth-order valence-electron chi connectivity index (χ4n) is 3.41. The summed E-state index contributed by atoms with van der Waals surface area (Å²) < 4.78 is 37.8. The summed E-state index contributed by atoms with van der Waals surface area (Å²) in [5.41, 5.74) is 3.02. The lowest BCUT2D eigenvalue weighted by Crippen LogP contribution is -2.40. The lowest BCUT2D eigenvalue weighted by Gasteiger charge is -2.26. The van der Waals surface area contributed by atoms with Crippen LogP contribution in [0.5, 0.6) is 5.75 Å². The van der Waals surface area contributed by atoms with Gasteiger partial charge in [-0.3, -0.25) is 4.79 Å². The highest BCUT2D eigenvalue weighted by Gasteiger charge is 2.25. The van der Waals surface area contributed by atoms with E-state index in [1.165, 1.54) is 10.4 Å². The number of nitrogens with zero attached hydrogens (tertiary/aromatic N) is 2. The van der Waals surface area contributed by atoms with Crippen molar-refractivity contribution in [2.45, 2.75) is 18.7 Å². The van der Waals surface area contributed by atoms with E-state index in [1.54, 1.807) is 42.3 Å². The third-order valence-corrected chi connectivity index (χ3v) is 7.09. The van der Waals surface area contributed by atoms with Gasteiger partial charge in [-0.1, -0.05) is 18.2 Å². The van der Waals surface area contributed by atoms with Crippen LogP contribution < -0.4 is 4.74 Å². The quantitative estimate of drug-likeness (QED) is 0.569. The maximum Gasteiger partial charge on any atom is 0.246 e. The summed E-state index contributed by atoms with van der Waals surface area (Å²) in [6.07, 6.45) is 3.15. The zero-order valence-electron chi connectivity index (χ0n) is 18.8. The zero-order chi connectivity index (χ0) is 23.1. The molecule has 1 amide bonds. The van der Waals surface area contributed by atoms with Gasteiger partial charge >= 0.3 is 0 Å². The molecular formula is C24H30N2O5S. The molecule has 0 unspecified atom stereocenters. The van der Waals surface area contributed by atoms with Crippen LogP contribution in [0.4, 0.5) is 0 Å². The first kappa shape index (κ1) is 24.0. The van der Waals surface area contributed by atoms with Crippen LogP contribution in [0.25, 0.3) is 6.08 Å². The molecule has 0 aliphatic carbocycles. The van der Waals surface area contributed by atoms with Gasteiger partial charge in [0.25, 0.3) is 0 Å². The molecule has 2 aromatic rings. The number of ether oxygens (including phenoxy) is 2. The van der Waals surface area contributed by atoms with Crippen LogP contribution in [0.2, 0.25) is 0 Å². The fraction of sp³-hybridized carbons (Fsp3) is 0.375. The monoisotopic (exact) mass is 458 g/mol. The first-order valence-electron chi connectivity index (χ1n) is 10.6. The van der Waals surface area contributed by atoms with Crippen LogP contribution in [-0.4, -0.2) is 70.0 Å². The molecule has 3 rings (SSSR count). The Hall–Kier alpha value is -2.68. The van der Waals surface area contributed by atoms with Crippen LogP contribution in [-0.2, 0) is 19.6 Å². The van der Waals surface area contributed by atoms with Crippen molar-refractivity contribution in [3.8, 4) is 5.75 Å². The smallest absolute Gasteiger partial charge is 0.246 e. The largest absolute Gasteiger partial charge is 0.492 e. The second-order valence-electron chi connectivity index (χ2n) is 7.85. The summed E-state index contributed by atoms with van der Waals surface area (Å²) in [5.74, 6) is 0.644. The van der Waals surface area contributed by atoms with Gasteiger partial charge in [0.15, 0.2) is 0 Å². The first-order chi connectivity index (χ1) is 15.3. The van der Waals surface area contributed by atoms with Crippen LogP contribution in [0.1, 0.15) is 16.7 Å². The van der Waals surface area contributed by atoms with Crippen molar-refractivity contribution in [3.05, 3.63) is 65.2 Å². The molecule has 0 radical (unpaired) electrons. The minimum absolute atomic E-state index is 0.154. The van der Waals surface area contributed by atoms with Crippen LogP contribution >= 0.6 is 0 Å². The van der Waals surface area contributed by atoms with E-state index in [0.717, 1.165) is 22.4 Å². The lowest BCUT2D eigenvalue weighted by atomic mass is 10.1. The predicted octanol–water partition coefficient (Wildman–Crippen LogP) is 2.87. The molecule has 8 heteroatoms. The van der Waals surface area contributed by atoms with Crippen molar-refractivity contribution >= 4 is 22.0 Å². The molecule has 1 heterocycles. The summed E-state index contributed by atoms with van der Waals surface area (Å²) in [6.45, 7) is 6.42. The molecule has 1 aliphatic heterocycles. The van der Waals surface area contributed by atoms with Gasteiger partial charge in [-0.15, -0.1) is 0 Å². The van der Waals surface area contributed by atoms with Gasteiger partial charge in [0.05, 0.1) is 24.7 Å². The van der Waals surface area contributed by atoms with E-state index in [4.69, 9.17) is 9.47 Å². The molecule has 0 spiro atoms. The number of hydrogen-bond donors (Lipinski definition) is 0. The zero-order valence-corrected chi connectivity index (χ0v) is 19.6. The maximum absolute atomic E-state index is 12.7. The molecular weight excluding hydrogens is 428 g/mol. The summed E-state index contributed by atoms with van der Waals surface area (Å²) >= 11 is 0. The van der Waals surface area contributed by atoms with Crippen molar-refractivity contribution in [3.63, 3.8) is 0 Å². The minimum Gasteiger partial charge on any atom is -0.492 e. The molecule has 2 aromatic carbocycles. The Morgan fingerprint density at radius 2 is 1.72 bits per heavy atom. The lowest BCUT2D eigenvalue weighted by molar-refractivity contribution is -0.125. The third-order valence-electron chi connectivity index (χ3n) is 5.17. The Labute approximate surface area is 190 Å². The molecule has 0 atom stereocenters. The Morgan fingerprint density at radius 3 is 2.34 bits per heavy atom. The molecule has 0 bridgehead atoms. The van der Waals surface area contributed by atoms with Crippen molar-refractivity contribution in [2.24, 2.45) is 0 Å². The molecule has 0 aromatic heterocycles. The van der Waals surface area contributed by atoms with Gasteiger partial charge in [0.2, 0.25) is 15.9 Å². The van der Waals surface area contributed by atoms with E-state index in [1.807, 2.05) is 26.0 Å². The van der Waals surface area contributed by atoms with Gasteiger partial charge in [-0.25, -0.2) is 8.42 Å². The number of carbonyl (C=O) groups is 1. The average Bonchev–Trinajstić information content (AvgIpc) is 2.77. The Kier molecular flexibility index (Phi) is 8.06. The summed E-state index contributed by atoms with van der Waals surface area (Å²) in [4.78, 5) is 14.2. The molecule has 32 heavy (non-hydrogen) atoms. The molecule has 1 fully saturated rings. The number of morpholine rings is 1. The Bertz CT molecular complexity index is 1040. The fourth-order valence-corrected chi connectivity index (χ4v) is 4.82. The summed E-state index contributed by atoms with van der Waals surface area (Å²) in [7, 11) is -1.80. The van der Waals surface area contributed by atoms with Crippen molar-refractivity contribution < 1.29 is 22.7 Å². The van der Waals surface area contributed by atoms with Crippen LogP contribution in [0, 0.1) is 13.8 Å². The van der Waals surface area contributed by atoms with E-state index in [2.05, 4.69) is 6.07 Å². The van der Waals surface area contributed by atoms with E-state index < -0.39 is 10.0 Å². The molecule has 1 saturated heterocycles. The second kappa shape index (κ2) is 10.8. The minimum atomic E-state index is -3.52. The highest BCUT2D eigenvalue weighted by Crippen LogP contribution is 2.18. The SMILES string of the molecule is Cc1cc(C)cc(OCCN(C)C(=O)/C=C/c2ccc(S(=O)(=O)N3CCOCC3)cc2)c1. The van der Waals surface area contributed by atoms with Crippen LogP contribution in [0.3, 0.4) is 0 Å². The predicted molar refractivity (Wildman–Crippen MR) is 124 cm³/mol. The van der Waals surface area contributed by atoms with Gasteiger partial charge in [-0.05, 0) is 60.9 Å². The molecule has 7 nitrogen and oxygen atoms in total. The molecule has 0 saturated carbocycles. The first-order valence-corrected chi connectivity index (χ1v) is 12.0. The number of amides is 1. The summed E-state index contributed by atoms with van der Waals surface area (Å²) in [5, 5.41) is 0. The van der Waals surface area contributed by atoms with Gasteiger partial charge in [0, 0.05) is 26.2 Å². The number of sulfonamides is 1. The Balaban J connectivity index is 1.52. The van der Waals surface area contributed by atoms with Gasteiger partial charge in [-0.2, -0.15) is 4.31 Å². The number of carbonyl (C=O) groups excluding carboxylic acids is 1. The second-order valence-corrected chi connectivity index (χ2v) is 9.79. The molecule has 1 aliphatic rings. The van der Waals surface area contributed by atoms with E-state index in [0.29, 0.717) is 39.5 Å². The van der Waals surface area contributed by atoms with Gasteiger partial charge in [0.1, 0.15) is 12.4 Å². The highest BCUT2D eigenvalue weighted by atomic mass is 32.2. The number of rotatable bonds is 8. The number of hydrogen-bond acceptors (Lipinski definition) is 5. The third kappa shape index (κ3) is 6.41. The van der Waals surface area contributed by atoms with Crippen molar-refractivity contribution in [1.29, 1.82) is 0 Å². The highest BCUT2D eigenvalue weighted by molar-refractivity contribution is 7.89. The van der Waals surface area contributed by atoms with Crippen molar-refractivity contribution in [1.82, 2.24) is 9.21 Å². The van der Waals surface area contributed by atoms with E-state index in [9.17, 15) is 13.2 Å².